The molecule has 98 valence electrons. The summed E-state index contributed by atoms with van der Waals surface area (Å²) in [6.45, 7) is 0.724. The minimum absolute atomic E-state index is 0.270. The van der Waals surface area contributed by atoms with Crippen molar-refractivity contribution < 1.29 is 4.39 Å². The molecule has 0 unspecified atom stereocenters. The fraction of sp³-hybridized carbons (Fsp3) is 0.143. The Kier molecular flexibility index (Phi) is 3.03. The van der Waals surface area contributed by atoms with Crippen LogP contribution in [0.2, 0.25) is 10.0 Å². The van der Waals surface area contributed by atoms with Crippen molar-refractivity contribution in [2.45, 2.75) is 6.42 Å². The highest BCUT2D eigenvalue weighted by atomic mass is 35.5. The normalized spacial score (nSPS) is 13.7. The summed E-state index contributed by atoms with van der Waals surface area (Å²) in [5.41, 5.74) is 8.79. The molecular formula is C14H11Cl2FN2. The lowest BCUT2D eigenvalue weighted by atomic mass is 10.1. The maximum absolute atomic E-state index is 13.4. The molecule has 1 aliphatic rings. The first-order valence-electron chi connectivity index (χ1n) is 5.87. The molecule has 0 spiro atoms. The number of nitrogens with two attached hydrogens (primary N) is 1. The number of nitrogen functional groups attached to an aromatic ring is 1. The number of rotatable bonds is 1. The molecule has 5 heteroatoms. The molecule has 0 saturated heterocycles. The lowest BCUT2D eigenvalue weighted by molar-refractivity contribution is 0.628. The van der Waals surface area contributed by atoms with Crippen LogP contribution in [0.4, 0.5) is 21.5 Å². The first-order valence-corrected chi connectivity index (χ1v) is 6.62. The van der Waals surface area contributed by atoms with Gasteiger partial charge in [-0.15, -0.1) is 0 Å². The highest BCUT2D eigenvalue weighted by Gasteiger charge is 2.24. The Morgan fingerprint density at radius 1 is 1.11 bits per heavy atom. The van der Waals surface area contributed by atoms with Crippen LogP contribution >= 0.6 is 23.2 Å². The highest BCUT2D eigenvalue weighted by Crippen LogP contribution is 2.43. The molecular weight excluding hydrogens is 286 g/mol. The molecule has 2 nitrogen and oxygen atoms in total. The zero-order chi connectivity index (χ0) is 13.6. The summed E-state index contributed by atoms with van der Waals surface area (Å²) in [7, 11) is 0. The van der Waals surface area contributed by atoms with Gasteiger partial charge in [0.25, 0.3) is 0 Å². The zero-order valence-electron chi connectivity index (χ0n) is 9.96. The van der Waals surface area contributed by atoms with Gasteiger partial charge in [0.1, 0.15) is 5.82 Å². The predicted molar refractivity (Wildman–Crippen MR) is 78.0 cm³/mol. The van der Waals surface area contributed by atoms with E-state index in [1.54, 1.807) is 18.2 Å². The number of anilines is 3. The molecule has 2 N–H and O–H groups in total. The molecule has 19 heavy (non-hydrogen) atoms. The molecule has 0 radical (unpaired) electrons. The monoisotopic (exact) mass is 296 g/mol. The minimum atomic E-state index is -0.270. The number of nitrogens with zero attached hydrogens (tertiary/aromatic N) is 1. The van der Waals surface area contributed by atoms with E-state index < -0.39 is 0 Å². The Morgan fingerprint density at radius 3 is 2.47 bits per heavy atom. The summed E-state index contributed by atoms with van der Waals surface area (Å²) in [4.78, 5) is 1.93. The van der Waals surface area contributed by atoms with E-state index in [1.165, 1.54) is 12.1 Å². The van der Waals surface area contributed by atoms with Crippen LogP contribution in [0, 0.1) is 5.82 Å². The highest BCUT2D eigenvalue weighted by molar-refractivity contribution is 6.39. The van der Waals surface area contributed by atoms with Crippen molar-refractivity contribution in [3.05, 3.63) is 51.8 Å². The second-order valence-electron chi connectivity index (χ2n) is 4.51. The van der Waals surface area contributed by atoms with Crippen LogP contribution in [-0.2, 0) is 6.42 Å². The maximum atomic E-state index is 13.4. The van der Waals surface area contributed by atoms with E-state index in [-0.39, 0.29) is 5.82 Å². The molecule has 0 bridgehead atoms. The second-order valence-corrected chi connectivity index (χ2v) is 5.32. The SMILES string of the molecule is Nc1cc(Cl)c(N2CCc3ccc(F)cc32)c(Cl)c1. The average Bonchev–Trinajstić information content (AvgIpc) is 2.71. The van der Waals surface area contributed by atoms with Crippen molar-refractivity contribution in [3.8, 4) is 0 Å². The van der Waals surface area contributed by atoms with Gasteiger partial charge in [0, 0.05) is 17.9 Å². The molecule has 0 atom stereocenters. The summed E-state index contributed by atoms with van der Waals surface area (Å²) >= 11 is 12.4. The van der Waals surface area contributed by atoms with Gasteiger partial charge in [-0.05, 0) is 36.2 Å². The Bertz CT molecular complexity index is 635. The minimum Gasteiger partial charge on any atom is -0.399 e. The van der Waals surface area contributed by atoms with E-state index in [0.29, 0.717) is 21.4 Å². The first-order chi connectivity index (χ1) is 9.06. The van der Waals surface area contributed by atoms with E-state index in [9.17, 15) is 4.39 Å². The van der Waals surface area contributed by atoms with Crippen molar-refractivity contribution in [1.82, 2.24) is 0 Å². The molecule has 3 rings (SSSR count). The second kappa shape index (κ2) is 4.58. The summed E-state index contributed by atoms with van der Waals surface area (Å²) in [6.07, 6.45) is 0.840. The molecule has 0 fully saturated rings. The molecule has 0 aromatic heterocycles. The Labute approximate surface area is 120 Å². The fourth-order valence-electron chi connectivity index (χ4n) is 2.43. The average molecular weight is 297 g/mol. The van der Waals surface area contributed by atoms with Crippen molar-refractivity contribution in [1.29, 1.82) is 0 Å². The molecule has 1 heterocycles. The van der Waals surface area contributed by atoms with Crippen molar-refractivity contribution in [3.63, 3.8) is 0 Å². The van der Waals surface area contributed by atoms with Gasteiger partial charge >= 0.3 is 0 Å². The van der Waals surface area contributed by atoms with Crippen LogP contribution in [0.15, 0.2) is 30.3 Å². The standard InChI is InChI=1S/C14H11Cl2FN2/c15-11-6-10(18)7-12(16)14(11)19-4-3-8-1-2-9(17)5-13(8)19/h1-2,5-7H,3-4,18H2. The summed E-state index contributed by atoms with van der Waals surface area (Å²) in [6, 6.07) is 8.07. The van der Waals surface area contributed by atoms with Crippen LogP contribution in [0.1, 0.15) is 5.56 Å². The number of hydrogen-bond donors (Lipinski definition) is 1. The van der Waals surface area contributed by atoms with Gasteiger partial charge < -0.3 is 10.6 Å². The lowest BCUT2D eigenvalue weighted by Crippen LogP contribution is -2.14. The van der Waals surface area contributed by atoms with Gasteiger partial charge in [-0.25, -0.2) is 4.39 Å². The van der Waals surface area contributed by atoms with Gasteiger partial charge in [-0.1, -0.05) is 29.3 Å². The summed E-state index contributed by atoms with van der Waals surface area (Å²) in [5.74, 6) is -0.270. The summed E-state index contributed by atoms with van der Waals surface area (Å²) < 4.78 is 13.4. The van der Waals surface area contributed by atoms with Crippen LogP contribution in [0.25, 0.3) is 0 Å². The van der Waals surface area contributed by atoms with Gasteiger partial charge in [-0.2, -0.15) is 0 Å². The first kappa shape index (κ1) is 12.6. The van der Waals surface area contributed by atoms with Crippen molar-refractivity contribution >= 4 is 40.3 Å². The van der Waals surface area contributed by atoms with E-state index >= 15 is 0 Å². The lowest BCUT2D eigenvalue weighted by Gasteiger charge is -2.22. The molecule has 1 aliphatic heterocycles. The number of benzene rings is 2. The maximum Gasteiger partial charge on any atom is 0.125 e. The molecule has 2 aromatic rings. The van der Waals surface area contributed by atoms with Crippen molar-refractivity contribution in [2.24, 2.45) is 0 Å². The number of hydrogen-bond acceptors (Lipinski definition) is 2. The third kappa shape index (κ3) is 2.13. The third-order valence-electron chi connectivity index (χ3n) is 3.25. The predicted octanol–water partition coefficient (Wildman–Crippen LogP) is 4.41. The molecule has 0 amide bonds. The zero-order valence-corrected chi connectivity index (χ0v) is 11.5. The Balaban J connectivity index is 2.14. The smallest absolute Gasteiger partial charge is 0.125 e. The topological polar surface area (TPSA) is 29.3 Å². The van der Waals surface area contributed by atoms with Gasteiger partial charge in [0.05, 0.1) is 15.7 Å². The number of halogens is 3. The van der Waals surface area contributed by atoms with Crippen LogP contribution in [-0.4, -0.2) is 6.54 Å². The quantitative estimate of drug-likeness (QED) is 0.790. The van der Waals surface area contributed by atoms with Gasteiger partial charge in [0.15, 0.2) is 0 Å². The fourth-order valence-corrected chi connectivity index (χ4v) is 3.14. The van der Waals surface area contributed by atoms with E-state index in [2.05, 4.69) is 0 Å². The number of fused-ring (bicyclic) bond motifs is 1. The third-order valence-corrected chi connectivity index (χ3v) is 3.83. The van der Waals surface area contributed by atoms with E-state index in [0.717, 1.165) is 24.2 Å². The van der Waals surface area contributed by atoms with Gasteiger partial charge in [0.2, 0.25) is 0 Å². The Hall–Kier alpha value is -1.45. The molecule has 0 aliphatic carbocycles. The van der Waals surface area contributed by atoms with E-state index in [1.807, 2.05) is 4.90 Å². The molecule has 2 aromatic carbocycles. The van der Waals surface area contributed by atoms with E-state index in [4.69, 9.17) is 28.9 Å². The van der Waals surface area contributed by atoms with Crippen LogP contribution < -0.4 is 10.6 Å². The van der Waals surface area contributed by atoms with Crippen LogP contribution in [0.5, 0.6) is 0 Å². The molecule has 0 saturated carbocycles. The van der Waals surface area contributed by atoms with Crippen LogP contribution in [0.3, 0.4) is 0 Å². The van der Waals surface area contributed by atoms with Gasteiger partial charge in [-0.3, -0.25) is 0 Å². The summed E-state index contributed by atoms with van der Waals surface area (Å²) in [5, 5.41) is 0.948. The Morgan fingerprint density at radius 2 is 1.79 bits per heavy atom. The largest absolute Gasteiger partial charge is 0.399 e. The van der Waals surface area contributed by atoms with Crippen molar-refractivity contribution in [2.75, 3.05) is 17.2 Å².